The zero-order valence-electron chi connectivity index (χ0n) is 13.4. The first-order chi connectivity index (χ1) is 10.6. The number of carbonyl (C=O) groups excluding carboxylic acids is 2. The second kappa shape index (κ2) is 7.82. The predicted octanol–water partition coefficient (Wildman–Crippen LogP) is 2.37. The number of benzene rings is 1. The average molecular weight is 303 g/mol. The molecule has 1 aromatic carbocycles. The highest BCUT2D eigenvalue weighted by atomic mass is 16.2. The first kappa shape index (κ1) is 16.3. The summed E-state index contributed by atoms with van der Waals surface area (Å²) in [5, 5.41) is 5.09. The molecule has 0 atom stereocenters. The van der Waals surface area contributed by atoms with E-state index in [1.807, 2.05) is 4.90 Å². The van der Waals surface area contributed by atoms with Crippen molar-refractivity contribution in [2.24, 2.45) is 0 Å². The molecule has 22 heavy (non-hydrogen) atoms. The van der Waals surface area contributed by atoms with Gasteiger partial charge in [0.2, 0.25) is 5.91 Å². The van der Waals surface area contributed by atoms with Crippen molar-refractivity contribution in [3.63, 3.8) is 0 Å². The van der Waals surface area contributed by atoms with Crippen LogP contribution in [0, 0.1) is 6.92 Å². The van der Waals surface area contributed by atoms with Crippen LogP contribution < -0.4 is 15.5 Å². The number of imide groups is 1. The molecule has 2 N–H and O–H groups in total. The Bertz CT molecular complexity index is 543. The number of amides is 3. The van der Waals surface area contributed by atoms with E-state index in [4.69, 9.17) is 0 Å². The molecule has 0 saturated carbocycles. The van der Waals surface area contributed by atoms with Crippen LogP contribution in [0.25, 0.3) is 0 Å². The summed E-state index contributed by atoms with van der Waals surface area (Å²) in [6, 6.07) is 5.90. The van der Waals surface area contributed by atoms with E-state index in [9.17, 15) is 9.59 Å². The van der Waals surface area contributed by atoms with Gasteiger partial charge in [-0.15, -0.1) is 0 Å². The molecule has 0 unspecified atom stereocenters. The molecule has 1 aliphatic rings. The number of nitrogens with one attached hydrogen (secondary N) is 2. The van der Waals surface area contributed by atoms with Crippen LogP contribution in [0.3, 0.4) is 0 Å². The van der Waals surface area contributed by atoms with Crippen molar-refractivity contribution in [3.8, 4) is 0 Å². The molecule has 0 aromatic heterocycles. The van der Waals surface area contributed by atoms with E-state index in [0.717, 1.165) is 37.9 Å². The molecule has 0 saturated heterocycles. The predicted molar refractivity (Wildman–Crippen MR) is 88.2 cm³/mol. The lowest BCUT2D eigenvalue weighted by Gasteiger charge is -2.30. The van der Waals surface area contributed by atoms with Crippen LogP contribution in [0.5, 0.6) is 0 Å². The molecule has 120 valence electrons. The Morgan fingerprint density at radius 1 is 1.32 bits per heavy atom. The minimum atomic E-state index is -0.403. The molecule has 1 aliphatic heterocycles. The molecule has 1 aromatic rings. The van der Waals surface area contributed by atoms with Gasteiger partial charge in [0.05, 0.1) is 6.54 Å². The number of unbranched alkanes of at least 4 members (excludes halogenated alkanes) is 1. The molecule has 5 nitrogen and oxygen atoms in total. The van der Waals surface area contributed by atoms with Crippen molar-refractivity contribution in [2.75, 3.05) is 24.5 Å². The Hall–Kier alpha value is -2.04. The van der Waals surface area contributed by atoms with E-state index in [0.29, 0.717) is 6.54 Å². The van der Waals surface area contributed by atoms with Gasteiger partial charge in [-0.25, -0.2) is 4.79 Å². The molecular formula is C17H25N3O2. The quantitative estimate of drug-likeness (QED) is 0.821. The number of carbonyl (C=O) groups is 2. The second-order valence-electron chi connectivity index (χ2n) is 5.81. The number of aryl methyl sites for hydroxylation is 2. The minimum absolute atomic E-state index is 0.220. The van der Waals surface area contributed by atoms with Crippen LogP contribution in [0.15, 0.2) is 18.2 Å². The SMILES string of the molecule is CCCCNC(=O)NC(=O)CN1CCCc2cc(C)ccc21. The number of hydrogen-bond donors (Lipinski definition) is 2. The Morgan fingerprint density at radius 2 is 2.14 bits per heavy atom. The summed E-state index contributed by atoms with van der Waals surface area (Å²) >= 11 is 0. The molecule has 1 heterocycles. The van der Waals surface area contributed by atoms with E-state index >= 15 is 0 Å². The summed E-state index contributed by atoms with van der Waals surface area (Å²) in [4.78, 5) is 25.7. The van der Waals surface area contributed by atoms with Crippen LogP contribution >= 0.6 is 0 Å². The third-order valence-electron chi connectivity index (χ3n) is 3.85. The number of urea groups is 1. The van der Waals surface area contributed by atoms with E-state index in [-0.39, 0.29) is 12.5 Å². The van der Waals surface area contributed by atoms with Crippen molar-refractivity contribution in [3.05, 3.63) is 29.3 Å². The summed E-state index contributed by atoms with van der Waals surface area (Å²) in [5.74, 6) is -0.262. The van der Waals surface area contributed by atoms with Gasteiger partial charge in [0.1, 0.15) is 0 Å². The molecule has 2 rings (SSSR count). The lowest BCUT2D eigenvalue weighted by molar-refractivity contribution is -0.118. The van der Waals surface area contributed by atoms with Gasteiger partial charge in [-0.3, -0.25) is 10.1 Å². The third-order valence-corrected chi connectivity index (χ3v) is 3.85. The minimum Gasteiger partial charge on any atom is -0.362 e. The number of fused-ring (bicyclic) bond motifs is 1. The van der Waals surface area contributed by atoms with Crippen molar-refractivity contribution >= 4 is 17.6 Å². The van der Waals surface area contributed by atoms with Crippen LogP contribution in [-0.2, 0) is 11.2 Å². The number of hydrogen-bond acceptors (Lipinski definition) is 3. The maximum absolute atomic E-state index is 12.0. The number of anilines is 1. The van der Waals surface area contributed by atoms with Crippen molar-refractivity contribution in [2.45, 2.75) is 39.5 Å². The van der Waals surface area contributed by atoms with Crippen LogP contribution in [0.2, 0.25) is 0 Å². The first-order valence-electron chi connectivity index (χ1n) is 8.02. The van der Waals surface area contributed by atoms with Gasteiger partial charge in [0.15, 0.2) is 0 Å². The van der Waals surface area contributed by atoms with Gasteiger partial charge in [-0.05, 0) is 37.8 Å². The van der Waals surface area contributed by atoms with E-state index in [2.05, 4.69) is 42.7 Å². The Morgan fingerprint density at radius 3 is 2.91 bits per heavy atom. The highest BCUT2D eigenvalue weighted by Gasteiger charge is 2.19. The highest BCUT2D eigenvalue weighted by Crippen LogP contribution is 2.27. The third kappa shape index (κ3) is 4.48. The Labute approximate surface area is 132 Å². The lowest BCUT2D eigenvalue weighted by Crippen LogP contribution is -2.45. The molecular weight excluding hydrogens is 278 g/mol. The topological polar surface area (TPSA) is 61.4 Å². The first-order valence-corrected chi connectivity index (χ1v) is 8.02. The van der Waals surface area contributed by atoms with Crippen LogP contribution in [0.1, 0.15) is 37.3 Å². The lowest BCUT2D eigenvalue weighted by atomic mass is 9.99. The van der Waals surface area contributed by atoms with E-state index < -0.39 is 6.03 Å². The fourth-order valence-corrected chi connectivity index (χ4v) is 2.73. The average Bonchev–Trinajstić information content (AvgIpc) is 2.47. The monoisotopic (exact) mass is 303 g/mol. The molecule has 5 heteroatoms. The zero-order valence-corrected chi connectivity index (χ0v) is 13.4. The molecule has 3 amide bonds. The maximum Gasteiger partial charge on any atom is 0.321 e. The molecule has 0 aliphatic carbocycles. The summed E-state index contributed by atoms with van der Waals surface area (Å²) in [6.07, 6.45) is 4.01. The molecule has 0 bridgehead atoms. The highest BCUT2D eigenvalue weighted by molar-refractivity contribution is 5.96. The summed E-state index contributed by atoms with van der Waals surface area (Å²) in [7, 11) is 0. The van der Waals surface area contributed by atoms with Gasteiger partial charge in [-0.2, -0.15) is 0 Å². The summed E-state index contributed by atoms with van der Waals surface area (Å²) < 4.78 is 0. The summed E-state index contributed by atoms with van der Waals surface area (Å²) in [6.45, 7) is 5.80. The summed E-state index contributed by atoms with van der Waals surface area (Å²) in [5.41, 5.74) is 3.63. The van der Waals surface area contributed by atoms with E-state index in [1.165, 1.54) is 11.1 Å². The zero-order chi connectivity index (χ0) is 15.9. The molecule has 0 spiro atoms. The van der Waals surface area contributed by atoms with Gasteiger partial charge >= 0.3 is 6.03 Å². The largest absolute Gasteiger partial charge is 0.362 e. The molecule has 0 radical (unpaired) electrons. The number of rotatable bonds is 5. The van der Waals surface area contributed by atoms with Crippen LogP contribution in [-0.4, -0.2) is 31.6 Å². The maximum atomic E-state index is 12.0. The van der Waals surface area contributed by atoms with Gasteiger partial charge in [0.25, 0.3) is 0 Å². The van der Waals surface area contributed by atoms with Crippen molar-refractivity contribution in [1.82, 2.24) is 10.6 Å². The van der Waals surface area contributed by atoms with Gasteiger partial charge in [0, 0.05) is 18.8 Å². The Kier molecular flexibility index (Phi) is 5.81. The fraction of sp³-hybridized carbons (Fsp3) is 0.529. The number of nitrogens with zero attached hydrogens (tertiary/aromatic N) is 1. The standard InChI is InChI=1S/C17H25N3O2/c1-3-4-9-18-17(22)19-16(21)12-20-10-5-6-14-11-13(2)7-8-15(14)20/h7-8,11H,3-6,9-10,12H2,1-2H3,(H2,18,19,21,22). The van der Waals surface area contributed by atoms with Crippen molar-refractivity contribution in [1.29, 1.82) is 0 Å². The second-order valence-corrected chi connectivity index (χ2v) is 5.81. The van der Waals surface area contributed by atoms with Gasteiger partial charge in [-0.1, -0.05) is 31.0 Å². The molecule has 0 fully saturated rings. The fourth-order valence-electron chi connectivity index (χ4n) is 2.73. The smallest absolute Gasteiger partial charge is 0.321 e. The van der Waals surface area contributed by atoms with E-state index in [1.54, 1.807) is 0 Å². The Balaban J connectivity index is 1.89. The van der Waals surface area contributed by atoms with Crippen molar-refractivity contribution < 1.29 is 9.59 Å². The van der Waals surface area contributed by atoms with Gasteiger partial charge < -0.3 is 10.2 Å². The normalized spacial score (nSPS) is 13.5. The van der Waals surface area contributed by atoms with Crippen LogP contribution in [0.4, 0.5) is 10.5 Å².